The fourth-order valence-corrected chi connectivity index (χ4v) is 5.42. The van der Waals surface area contributed by atoms with Crippen LogP contribution in [0.5, 0.6) is 5.75 Å². The van der Waals surface area contributed by atoms with Crippen molar-refractivity contribution in [3.8, 4) is 5.75 Å². The van der Waals surface area contributed by atoms with Gasteiger partial charge >= 0.3 is 0 Å². The number of hydrogen-bond donors (Lipinski definition) is 1. The lowest BCUT2D eigenvalue weighted by atomic mass is 9.62. The quantitative estimate of drug-likeness (QED) is 0.666. The van der Waals surface area contributed by atoms with Gasteiger partial charge in [0.1, 0.15) is 11.8 Å². The highest BCUT2D eigenvalue weighted by molar-refractivity contribution is 6.09. The number of hydrogen-bond acceptors (Lipinski definition) is 4. The molecule has 6 nitrogen and oxygen atoms in total. The van der Waals surface area contributed by atoms with Crippen molar-refractivity contribution in [1.29, 1.82) is 0 Å². The fraction of sp³-hybridized carbons (Fsp3) is 0.444. The van der Waals surface area contributed by atoms with Gasteiger partial charge in [-0.25, -0.2) is 0 Å². The molecule has 33 heavy (non-hydrogen) atoms. The largest absolute Gasteiger partial charge is 0.495 e. The van der Waals surface area contributed by atoms with Crippen molar-refractivity contribution in [2.45, 2.75) is 53.0 Å². The Morgan fingerprint density at radius 1 is 1.15 bits per heavy atom. The first-order chi connectivity index (χ1) is 15.6. The Morgan fingerprint density at radius 3 is 2.52 bits per heavy atom. The number of amides is 3. The number of carbonyl (C=O) groups excluding carboxylic acids is 3. The molecule has 4 rings (SSSR count). The number of rotatable bonds is 6. The van der Waals surface area contributed by atoms with Crippen LogP contribution in [-0.4, -0.2) is 35.8 Å². The molecule has 3 amide bonds. The van der Waals surface area contributed by atoms with Crippen molar-refractivity contribution in [3.05, 3.63) is 59.7 Å². The molecule has 2 bridgehead atoms. The van der Waals surface area contributed by atoms with Gasteiger partial charge in [0.2, 0.25) is 17.7 Å². The molecule has 0 spiro atoms. The van der Waals surface area contributed by atoms with Gasteiger partial charge in [-0.3, -0.25) is 19.3 Å². The molecule has 0 aromatic heterocycles. The van der Waals surface area contributed by atoms with Crippen LogP contribution in [0, 0.1) is 23.7 Å². The molecule has 3 atom stereocenters. The number of ether oxygens (including phenoxy) is 1. The molecule has 1 N–H and O–H groups in total. The Bertz CT molecular complexity index is 1090. The minimum atomic E-state index is -0.950. The topological polar surface area (TPSA) is 75.7 Å². The van der Waals surface area contributed by atoms with Gasteiger partial charge in [0.15, 0.2) is 0 Å². The Balaban J connectivity index is 1.73. The third-order valence-electron chi connectivity index (χ3n) is 7.95. The van der Waals surface area contributed by atoms with Gasteiger partial charge < -0.3 is 10.1 Å². The molecular formula is C27H32N2O4. The van der Waals surface area contributed by atoms with Crippen LogP contribution < -0.4 is 10.1 Å². The number of nitrogens with one attached hydrogen (secondary N) is 1. The summed E-state index contributed by atoms with van der Waals surface area (Å²) in [5, 5.41) is 2.93. The minimum Gasteiger partial charge on any atom is -0.495 e. The summed E-state index contributed by atoms with van der Waals surface area (Å²) in [4.78, 5) is 42.3. The predicted octanol–water partition coefficient (Wildman–Crippen LogP) is 4.36. The van der Waals surface area contributed by atoms with Gasteiger partial charge in [0, 0.05) is 12.3 Å². The number of imide groups is 1. The number of methoxy groups -OCH3 is 1. The standard InChI is InChI=1S/C27H32N2O4/c1-17-11-12-22(33-5)20(15-17)28-23(30)21(16-18-9-7-6-8-10-18)29-24(31)19-13-14-27(4,25(29)32)26(19,2)3/h6-12,15,19,21H,13-14,16H2,1-5H3,(H,28,30). The number of aryl methyl sites for hydroxylation is 1. The van der Waals surface area contributed by atoms with Gasteiger partial charge in [-0.1, -0.05) is 57.2 Å². The van der Waals surface area contributed by atoms with Gasteiger partial charge in [0.05, 0.1) is 18.2 Å². The molecule has 3 unspecified atom stereocenters. The summed E-state index contributed by atoms with van der Waals surface area (Å²) in [5.41, 5.74) is 1.25. The Kier molecular flexibility index (Phi) is 5.81. The highest BCUT2D eigenvalue weighted by Gasteiger charge is 2.65. The van der Waals surface area contributed by atoms with E-state index in [2.05, 4.69) is 5.32 Å². The number of carbonyl (C=O) groups is 3. The average molecular weight is 449 g/mol. The van der Waals surface area contributed by atoms with Crippen LogP contribution in [0.1, 0.15) is 44.7 Å². The molecule has 2 aromatic rings. The van der Waals surface area contributed by atoms with Crippen molar-refractivity contribution in [1.82, 2.24) is 4.90 Å². The SMILES string of the molecule is COc1ccc(C)cc1NC(=O)C(Cc1ccccc1)N1C(=O)C2CCC(C)(C1=O)C2(C)C. The van der Waals surface area contributed by atoms with E-state index in [1.807, 2.05) is 70.2 Å². The van der Waals surface area contributed by atoms with Crippen LogP contribution in [-0.2, 0) is 20.8 Å². The number of fused-ring (bicyclic) bond motifs is 2. The van der Waals surface area contributed by atoms with E-state index in [4.69, 9.17) is 4.74 Å². The van der Waals surface area contributed by atoms with Crippen molar-refractivity contribution in [2.75, 3.05) is 12.4 Å². The second-order valence-electron chi connectivity index (χ2n) is 10.1. The van der Waals surface area contributed by atoms with E-state index >= 15 is 0 Å². The van der Waals surface area contributed by atoms with E-state index in [0.29, 0.717) is 24.3 Å². The second-order valence-corrected chi connectivity index (χ2v) is 10.1. The van der Waals surface area contributed by atoms with E-state index < -0.39 is 22.8 Å². The number of piperidine rings is 1. The third kappa shape index (κ3) is 3.71. The van der Waals surface area contributed by atoms with Gasteiger partial charge in [-0.15, -0.1) is 0 Å². The van der Waals surface area contributed by atoms with Crippen molar-refractivity contribution in [3.63, 3.8) is 0 Å². The first kappa shape index (κ1) is 23.0. The van der Waals surface area contributed by atoms with E-state index in [1.54, 1.807) is 13.2 Å². The molecule has 2 fully saturated rings. The summed E-state index contributed by atoms with van der Waals surface area (Å²) in [7, 11) is 1.54. The lowest BCUT2D eigenvalue weighted by Crippen LogP contribution is -2.64. The highest BCUT2D eigenvalue weighted by atomic mass is 16.5. The first-order valence-electron chi connectivity index (χ1n) is 11.5. The smallest absolute Gasteiger partial charge is 0.248 e. The van der Waals surface area contributed by atoms with Crippen LogP contribution >= 0.6 is 0 Å². The van der Waals surface area contributed by atoms with Crippen molar-refractivity contribution >= 4 is 23.4 Å². The molecular weight excluding hydrogens is 416 g/mol. The van der Waals surface area contributed by atoms with E-state index in [0.717, 1.165) is 11.1 Å². The molecule has 1 heterocycles. The summed E-state index contributed by atoms with van der Waals surface area (Å²) >= 11 is 0. The number of likely N-dealkylation sites (tertiary alicyclic amines) is 1. The zero-order valence-electron chi connectivity index (χ0n) is 20.0. The maximum absolute atomic E-state index is 13.8. The third-order valence-corrected chi connectivity index (χ3v) is 7.95. The van der Waals surface area contributed by atoms with Gasteiger partial charge in [0.25, 0.3) is 0 Å². The van der Waals surface area contributed by atoms with Gasteiger partial charge in [-0.2, -0.15) is 0 Å². The van der Waals surface area contributed by atoms with E-state index in [1.165, 1.54) is 4.90 Å². The molecule has 174 valence electrons. The summed E-state index contributed by atoms with van der Waals surface area (Å²) < 4.78 is 5.41. The Hall–Kier alpha value is -3.15. The summed E-state index contributed by atoms with van der Waals surface area (Å²) in [6, 6.07) is 14.1. The van der Waals surface area contributed by atoms with Crippen molar-refractivity contribution < 1.29 is 19.1 Å². The molecule has 1 aliphatic carbocycles. The fourth-order valence-electron chi connectivity index (χ4n) is 5.42. The van der Waals surface area contributed by atoms with Gasteiger partial charge in [-0.05, 0) is 48.4 Å². The maximum atomic E-state index is 13.8. The summed E-state index contributed by atoms with van der Waals surface area (Å²) in [6.45, 7) is 7.87. The molecule has 0 radical (unpaired) electrons. The van der Waals surface area contributed by atoms with Crippen LogP contribution in [0.25, 0.3) is 0 Å². The highest BCUT2D eigenvalue weighted by Crippen LogP contribution is 2.60. The Labute approximate surface area is 195 Å². The summed E-state index contributed by atoms with van der Waals surface area (Å²) in [5.74, 6) is -0.644. The van der Waals surface area contributed by atoms with E-state index in [9.17, 15) is 14.4 Å². The minimum absolute atomic E-state index is 0.243. The second kappa shape index (κ2) is 8.32. The van der Waals surface area contributed by atoms with Crippen LogP contribution in [0.4, 0.5) is 5.69 Å². The normalized spacial score (nSPS) is 24.5. The zero-order valence-corrected chi connectivity index (χ0v) is 20.0. The molecule has 1 saturated carbocycles. The summed E-state index contributed by atoms with van der Waals surface area (Å²) in [6.07, 6.45) is 1.56. The zero-order chi connectivity index (χ0) is 24.0. The maximum Gasteiger partial charge on any atom is 0.248 e. The lowest BCUT2D eigenvalue weighted by Gasteiger charge is -2.49. The number of benzene rings is 2. The molecule has 6 heteroatoms. The molecule has 1 saturated heterocycles. The van der Waals surface area contributed by atoms with E-state index in [-0.39, 0.29) is 24.2 Å². The number of anilines is 1. The van der Waals surface area contributed by atoms with Crippen LogP contribution in [0.15, 0.2) is 48.5 Å². The predicted molar refractivity (Wildman–Crippen MR) is 127 cm³/mol. The van der Waals surface area contributed by atoms with Crippen LogP contribution in [0.3, 0.4) is 0 Å². The lowest BCUT2D eigenvalue weighted by molar-refractivity contribution is -0.172. The molecule has 2 aromatic carbocycles. The molecule has 1 aliphatic heterocycles. The number of nitrogens with zero attached hydrogens (tertiary/aromatic N) is 1. The first-order valence-corrected chi connectivity index (χ1v) is 11.5. The monoisotopic (exact) mass is 448 g/mol. The average Bonchev–Trinajstić information content (AvgIpc) is 2.97. The molecule has 2 aliphatic rings. The van der Waals surface area contributed by atoms with Crippen LogP contribution in [0.2, 0.25) is 0 Å². The van der Waals surface area contributed by atoms with Crippen molar-refractivity contribution in [2.24, 2.45) is 16.7 Å². The Morgan fingerprint density at radius 2 is 1.85 bits per heavy atom.